The molecule has 34 heavy (non-hydrogen) atoms. The van der Waals surface area contributed by atoms with Crippen molar-refractivity contribution in [3.05, 3.63) is 45.4 Å². The van der Waals surface area contributed by atoms with Crippen LogP contribution in [-0.4, -0.2) is 74.3 Å². The molecule has 0 fully saturated rings. The Kier molecular flexibility index (Phi) is 5.11. The van der Waals surface area contributed by atoms with E-state index in [0.717, 1.165) is 0 Å². The summed E-state index contributed by atoms with van der Waals surface area (Å²) in [6, 6.07) is 0.190. The van der Waals surface area contributed by atoms with Crippen LogP contribution in [-0.2, 0) is 16.0 Å². The number of likely N-dealkylation sites (N-methyl/N-ethyl adjacent to an activating group) is 1. The highest BCUT2D eigenvalue weighted by Crippen LogP contribution is 2.52. The van der Waals surface area contributed by atoms with E-state index >= 15 is 0 Å². The van der Waals surface area contributed by atoms with E-state index in [1.54, 1.807) is 14.1 Å². The minimum Gasteiger partial charge on any atom is -0.510 e. The zero-order valence-electron chi connectivity index (χ0n) is 18.7. The molecule has 0 aliphatic heterocycles. The molecule has 0 unspecified atom stereocenters. The first-order valence-electron chi connectivity index (χ1n) is 10.5. The van der Waals surface area contributed by atoms with E-state index < -0.39 is 63.8 Å². The molecule has 8 N–H and O–H groups in total. The fraction of sp³-hybridized carbons (Fsp3) is 0.391. The van der Waals surface area contributed by atoms with Crippen molar-refractivity contribution in [2.45, 2.75) is 31.4 Å². The summed E-state index contributed by atoms with van der Waals surface area (Å²) in [7, 11) is 3.09. The first-order valence-corrected chi connectivity index (χ1v) is 10.5. The van der Waals surface area contributed by atoms with E-state index in [9.17, 15) is 39.6 Å². The third-order valence-corrected chi connectivity index (χ3v) is 7.13. The van der Waals surface area contributed by atoms with Gasteiger partial charge < -0.3 is 31.9 Å². The van der Waals surface area contributed by atoms with Gasteiger partial charge in [-0.05, 0) is 51.4 Å². The van der Waals surface area contributed by atoms with Gasteiger partial charge in [0.1, 0.15) is 22.8 Å². The lowest BCUT2D eigenvalue weighted by atomic mass is 9.58. The number of nitrogens with two attached hydrogens (primary N) is 2. The number of allylic oxidation sites excluding steroid dienone is 1. The average Bonchev–Trinajstić information content (AvgIpc) is 2.72. The first-order chi connectivity index (χ1) is 15.7. The van der Waals surface area contributed by atoms with Gasteiger partial charge >= 0.3 is 0 Å². The Morgan fingerprint density at radius 2 is 1.79 bits per heavy atom. The van der Waals surface area contributed by atoms with Crippen LogP contribution in [0.1, 0.15) is 39.6 Å². The quantitative estimate of drug-likeness (QED) is 0.149. The summed E-state index contributed by atoms with van der Waals surface area (Å²) >= 11 is 0. The first kappa shape index (κ1) is 23.5. The van der Waals surface area contributed by atoms with Gasteiger partial charge in [0, 0.05) is 17.1 Å². The van der Waals surface area contributed by atoms with Crippen molar-refractivity contribution in [2.75, 3.05) is 19.8 Å². The monoisotopic (exact) mass is 471 g/mol. The minimum absolute atomic E-state index is 0.0251. The zero-order chi connectivity index (χ0) is 25.4. The van der Waals surface area contributed by atoms with Crippen molar-refractivity contribution in [2.24, 2.45) is 17.6 Å². The summed E-state index contributed by atoms with van der Waals surface area (Å²) < 4.78 is 0. The Bertz CT molecular complexity index is 1260. The van der Waals surface area contributed by atoms with Crippen molar-refractivity contribution in [3.8, 4) is 5.75 Å². The Morgan fingerprint density at radius 1 is 1.18 bits per heavy atom. The van der Waals surface area contributed by atoms with Gasteiger partial charge in [-0.25, -0.2) is 0 Å². The predicted octanol–water partition coefficient (Wildman–Crippen LogP) is -0.0946. The molecule has 1 aromatic rings. The molecular formula is C23H25N3O8. The smallest absolute Gasteiger partial charge is 0.255 e. The van der Waals surface area contributed by atoms with E-state index in [-0.39, 0.29) is 46.6 Å². The van der Waals surface area contributed by atoms with Crippen molar-refractivity contribution in [1.29, 1.82) is 0 Å². The van der Waals surface area contributed by atoms with Gasteiger partial charge in [-0.1, -0.05) is 0 Å². The number of hydrogen-bond donors (Lipinski definition) is 6. The standard InChI is InChI=1S/C23H25N3O8/c1-7(27)9-6-12(24)17(28)14-10(9)4-8-5-11-16(26(2)3)19(30)15(22(25)33)21(32)23(11,34)20(31)13(8)18(14)29/h6,8,11,16,28,30-31,34H,4-5,24H2,1-3H3,(H2,25,33)/t8-,11-,16+,23-/m0/s1. The lowest BCUT2D eigenvalue weighted by molar-refractivity contribution is -0.148. The van der Waals surface area contributed by atoms with Crippen LogP contribution in [0.2, 0.25) is 0 Å². The highest BCUT2D eigenvalue weighted by atomic mass is 16.3. The van der Waals surface area contributed by atoms with Crippen molar-refractivity contribution in [1.82, 2.24) is 4.90 Å². The maximum atomic E-state index is 13.5. The number of carbonyl (C=O) groups is 4. The van der Waals surface area contributed by atoms with E-state index in [2.05, 4.69) is 0 Å². The second-order valence-electron chi connectivity index (χ2n) is 9.23. The summed E-state index contributed by atoms with van der Waals surface area (Å²) in [5.41, 5.74) is 7.07. The number of fused-ring (bicyclic) bond motifs is 3. The third-order valence-electron chi connectivity index (χ3n) is 7.13. The lowest BCUT2D eigenvalue weighted by Crippen LogP contribution is -2.63. The van der Waals surface area contributed by atoms with Crippen LogP contribution in [0.5, 0.6) is 5.75 Å². The number of benzene rings is 1. The third kappa shape index (κ3) is 2.83. The Balaban J connectivity index is 2.00. The number of aromatic hydroxyl groups is 1. The van der Waals surface area contributed by atoms with Gasteiger partial charge in [0.2, 0.25) is 5.78 Å². The molecule has 0 radical (unpaired) electrons. The SMILES string of the molecule is CC(=O)c1cc(N)c(O)c2c1C[C@H]1C[C@H]3[C@@H](N(C)C)C(O)=C(C(N)=O)C(=O)[C@@]3(O)C(O)=C1C2=O. The number of amides is 1. The summed E-state index contributed by atoms with van der Waals surface area (Å²) in [6.07, 6.45) is -0.0362. The number of hydrogen-bond acceptors (Lipinski definition) is 10. The molecule has 11 heteroatoms. The number of primary amides is 1. The van der Waals surface area contributed by atoms with E-state index in [1.807, 2.05) is 0 Å². The van der Waals surface area contributed by atoms with Crippen LogP contribution in [0.3, 0.4) is 0 Å². The second kappa shape index (κ2) is 7.40. The molecule has 3 aliphatic carbocycles. The molecule has 11 nitrogen and oxygen atoms in total. The van der Waals surface area contributed by atoms with Crippen LogP contribution in [0.15, 0.2) is 28.7 Å². The number of rotatable bonds is 3. The van der Waals surface area contributed by atoms with Crippen molar-refractivity contribution < 1.29 is 39.6 Å². The number of ketones is 3. The van der Waals surface area contributed by atoms with Crippen LogP contribution in [0, 0.1) is 11.8 Å². The molecule has 0 saturated carbocycles. The molecule has 4 rings (SSSR count). The lowest BCUT2D eigenvalue weighted by Gasteiger charge is -2.50. The fourth-order valence-corrected chi connectivity index (χ4v) is 5.65. The molecule has 1 aromatic carbocycles. The number of aliphatic hydroxyl groups excluding tert-OH is 2. The van der Waals surface area contributed by atoms with Crippen LogP contribution < -0.4 is 11.5 Å². The number of aliphatic hydroxyl groups is 3. The molecule has 0 spiro atoms. The number of nitrogen functional groups attached to an aromatic ring is 1. The average molecular weight is 471 g/mol. The Labute approximate surface area is 194 Å². The van der Waals surface area contributed by atoms with Gasteiger partial charge in [-0.3, -0.25) is 24.1 Å². The van der Waals surface area contributed by atoms with Gasteiger partial charge in [0.25, 0.3) is 5.91 Å². The maximum absolute atomic E-state index is 13.5. The number of Topliss-reactive ketones (excluding diaryl/α,β-unsaturated/α-hetero) is 3. The number of phenolic OH excluding ortho intramolecular Hbond substituents is 1. The highest BCUT2D eigenvalue weighted by Gasteiger charge is 2.63. The number of anilines is 1. The van der Waals surface area contributed by atoms with Gasteiger partial charge in [0.05, 0.1) is 17.3 Å². The summed E-state index contributed by atoms with van der Waals surface area (Å²) in [4.78, 5) is 52.4. The fourth-order valence-electron chi connectivity index (χ4n) is 5.65. The zero-order valence-corrected chi connectivity index (χ0v) is 18.7. The summed E-state index contributed by atoms with van der Waals surface area (Å²) in [6.45, 7) is 1.29. The van der Waals surface area contributed by atoms with E-state index in [4.69, 9.17) is 11.5 Å². The molecule has 0 aromatic heterocycles. The van der Waals surface area contributed by atoms with Crippen molar-refractivity contribution in [3.63, 3.8) is 0 Å². The van der Waals surface area contributed by atoms with E-state index in [0.29, 0.717) is 0 Å². The van der Waals surface area contributed by atoms with Crippen LogP contribution in [0.4, 0.5) is 5.69 Å². The Morgan fingerprint density at radius 3 is 2.32 bits per heavy atom. The number of carbonyl (C=O) groups excluding carboxylic acids is 4. The largest absolute Gasteiger partial charge is 0.510 e. The molecule has 0 heterocycles. The molecular weight excluding hydrogens is 446 g/mol. The second-order valence-corrected chi connectivity index (χ2v) is 9.23. The normalized spacial score (nSPS) is 28.6. The molecule has 180 valence electrons. The van der Waals surface area contributed by atoms with Crippen LogP contribution >= 0.6 is 0 Å². The maximum Gasteiger partial charge on any atom is 0.255 e. The van der Waals surface area contributed by atoms with Gasteiger partial charge in [-0.15, -0.1) is 0 Å². The van der Waals surface area contributed by atoms with Crippen molar-refractivity contribution >= 4 is 28.9 Å². The summed E-state index contributed by atoms with van der Waals surface area (Å²) in [5.74, 6) is -7.98. The topological polar surface area (TPSA) is 204 Å². The molecule has 1 amide bonds. The molecule has 4 atom stereocenters. The predicted molar refractivity (Wildman–Crippen MR) is 118 cm³/mol. The molecule has 0 saturated heterocycles. The molecule has 0 bridgehead atoms. The van der Waals surface area contributed by atoms with Gasteiger partial charge in [0.15, 0.2) is 17.2 Å². The summed E-state index contributed by atoms with van der Waals surface area (Å²) in [5, 5.41) is 43.9. The van der Waals surface area contributed by atoms with E-state index in [1.165, 1.54) is 17.9 Å². The van der Waals surface area contributed by atoms with Gasteiger partial charge in [-0.2, -0.15) is 0 Å². The van der Waals surface area contributed by atoms with Crippen LogP contribution in [0.25, 0.3) is 0 Å². The number of phenols is 1. The molecule has 3 aliphatic rings. The highest BCUT2D eigenvalue weighted by molar-refractivity contribution is 6.25. The Hall–Kier alpha value is -3.70. The minimum atomic E-state index is -2.72. The number of nitrogens with zero attached hydrogens (tertiary/aromatic N) is 1.